The molecule has 1 saturated carbocycles. The highest BCUT2D eigenvalue weighted by Crippen LogP contribution is 2.41. The Labute approximate surface area is 224 Å². The van der Waals surface area contributed by atoms with Crippen molar-refractivity contribution in [2.45, 2.75) is 63.9 Å². The van der Waals surface area contributed by atoms with E-state index in [1.807, 2.05) is 12.1 Å². The van der Waals surface area contributed by atoms with Gasteiger partial charge in [0.25, 0.3) is 10.0 Å². The molecule has 1 fully saturated rings. The molecule has 1 aliphatic carbocycles. The average molecular weight is 545 g/mol. The fourth-order valence-electron chi connectivity index (χ4n) is 5.35. The second-order valence-corrected chi connectivity index (χ2v) is 12.3. The molecule has 0 radical (unpaired) electrons. The minimum atomic E-state index is -4.18. The molecule has 0 amide bonds. The molecule has 0 bridgehead atoms. The molecular weight excluding hydrogens is 508 g/mol. The lowest BCUT2D eigenvalue weighted by molar-refractivity contribution is -0.137. The molecule has 0 saturated heterocycles. The molecule has 206 valence electrons. The van der Waals surface area contributed by atoms with E-state index >= 15 is 0 Å². The second-order valence-electron chi connectivity index (χ2n) is 10.5. The molecule has 1 aromatic carbocycles. The van der Waals surface area contributed by atoms with E-state index in [0.29, 0.717) is 28.8 Å². The van der Waals surface area contributed by atoms with Gasteiger partial charge in [0, 0.05) is 12.6 Å². The standard InChI is InChI=1S/C28H36N2O7S/c1-18-10-19(2)12-22(11-18)14-21-4-6-25-24(15-21)30(17-23(37-25)5-7-27(32)33)38(34,35)26-13-20(3)16-29-28(26)36-9-8-31/h4,6,13-16,18-19,23,31H,5,7-12,17H2,1-3H3,(H,32,33)/b22-14-/t18-,19+,23+/m1/s1. The number of carboxylic acids is 1. The molecule has 9 nitrogen and oxygen atoms in total. The van der Waals surface area contributed by atoms with Crippen LogP contribution in [-0.2, 0) is 14.8 Å². The Balaban J connectivity index is 1.77. The van der Waals surface area contributed by atoms with Crippen molar-refractivity contribution in [3.63, 3.8) is 0 Å². The number of carboxylic acid groups (broad SMARTS) is 1. The number of hydrogen-bond donors (Lipinski definition) is 2. The number of ether oxygens (including phenoxy) is 2. The zero-order valence-corrected chi connectivity index (χ0v) is 22.9. The summed E-state index contributed by atoms with van der Waals surface area (Å²) in [5, 5.41) is 18.4. The van der Waals surface area contributed by atoms with Gasteiger partial charge in [-0.25, -0.2) is 13.4 Å². The summed E-state index contributed by atoms with van der Waals surface area (Å²) in [6.45, 7) is 5.80. The summed E-state index contributed by atoms with van der Waals surface area (Å²) in [5.41, 5.74) is 3.24. The van der Waals surface area contributed by atoms with Gasteiger partial charge in [0.05, 0.1) is 18.8 Å². The number of carbonyl (C=O) groups is 1. The first-order valence-electron chi connectivity index (χ1n) is 13.0. The monoisotopic (exact) mass is 544 g/mol. The lowest BCUT2D eigenvalue weighted by Crippen LogP contribution is -2.44. The lowest BCUT2D eigenvalue weighted by atomic mass is 9.80. The van der Waals surface area contributed by atoms with Crippen LogP contribution in [0.3, 0.4) is 0 Å². The first-order valence-corrected chi connectivity index (χ1v) is 14.5. The lowest BCUT2D eigenvalue weighted by Gasteiger charge is -2.36. The van der Waals surface area contributed by atoms with E-state index in [1.165, 1.54) is 28.6 Å². The largest absolute Gasteiger partial charge is 0.486 e. The number of aromatic nitrogens is 1. The van der Waals surface area contributed by atoms with Crippen LogP contribution in [0.15, 0.2) is 40.9 Å². The van der Waals surface area contributed by atoms with Crippen molar-refractivity contribution >= 4 is 27.8 Å². The molecule has 0 unspecified atom stereocenters. The van der Waals surface area contributed by atoms with E-state index in [0.717, 1.165) is 18.4 Å². The Morgan fingerprint density at radius 2 is 1.97 bits per heavy atom. The van der Waals surface area contributed by atoms with Gasteiger partial charge in [0.1, 0.15) is 23.4 Å². The number of benzene rings is 1. The van der Waals surface area contributed by atoms with E-state index in [9.17, 15) is 23.4 Å². The van der Waals surface area contributed by atoms with Gasteiger partial charge in [0.15, 0.2) is 0 Å². The summed E-state index contributed by atoms with van der Waals surface area (Å²) < 4.78 is 41.0. The number of aliphatic hydroxyl groups excluding tert-OH is 1. The van der Waals surface area contributed by atoms with E-state index in [4.69, 9.17) is 9.47 Å². The summed E-state index contributed by atoms with van der Waals surface area (Å²) in [5.74, 6) is 0.506. The molecule has 3 atom stereocenters. The molecule has 38 heavy (non-hydrogen) atoms. The quantitative estimate of drug-likeness (QED) is 0.475. The number of aliphatic carboxylic acids is 1. The highest BCUT2D eigenvalue weighted by molar-refractivity contribution is 7.93. The van der Waals surface area contributed by atoms with Gasteiger partial charge < -0.3 is 19.7 Å². The molecular formula is C28H36N2O7S. The molecule has 2 aromatic rings. The summed E-state index contributed by atoms with van der Waals surface area (Å²) in [4.78, 5) is 15.3. The Kier molecular flexibility index (Phi) is 8.62. The maximum absolute atomic E-state index is 14.1. The summed E-state index contributed by atoms with van der Waals surface area (Å²) in [7, 11) is -4.18. The summed E-state index contributed by atoms with van der Waals surface area (Å²) in [6, 6.07) is 6.97. The molecule has 1 aromatic heterocycles. The van der Waals surface area contributed by atoms with Gasteiger partial charge in [0.2, 0.25) is 5.88 Å². The molecule has 1 aliphatic heterocycles. The van der Waals surface area contributed by atoms with Crippen LogP contribution in [-0.4, -0.2) is 55.4 Å². The highest BCUT2D eigenvalue weighted by Gasteiger charge is 2.37. The Hall–Kier alpha value is -3.11. The number of aliphatic hydroxyl groups is 1. The van der Waals surface area contributed by atoms with Crippen LogP contribution in [0, 0.1) is 18.8 Å². The van der Waals surface area contributed by atoms with Gasteiger partial charge in [-0.05, 0) is 73.8 Å². The van der Waals surface area contributed by atoms with Crippen molar-refractivity contribution in [2.75, 3.05) is 24.1 Å². The SMILES string of the molecule is Cc1cnc(OCCO)c(S(=O)(=O)N2C[C@H](CCC(=O)O)Oc3ccc(/C=C4\C[C@@H](C)C[C@@H](C)C4)cc32)c1. The third-order valence-electron chi connectivity index (χ3n) is 6.84. The van der Waals surface area contributed by atoms with Crippen LogP contribution in [0.5, 0.6) is 11.6 Å². The Morgan fingerprint density at radius 1 is 1.24 bits per heavy atom. The number of pyridine rings is 1. The second kappa shape index (κ2) is 11.7. The zero-order chi connectivity index (χ0) is 27.4. The number of aryl methyl sites for hydroxylation is 1. The maximum Gasteiger partial charge on any atom is 0.303 e. The minimum absolute atomic E-state index is 0.0515. The normalized spacial score (nSPS) is 22.6. The van der Waals surface area contributed by atoms with Crippen LogP contribution in [0.2, 0.25) is 0 Å². The topological polar surface area (TPSA) is 126 Å². The van der Waals surface area contributed by atoms with E-state index in [-0.39, 0.29) is 43.4 Å². The zero-order valence-electron chi connectivity index (χ0n) is 22.1. The van der Waals surface area contributed by atoms with Gasteiger partial charge >= 0.3 is 5.97 Å². The number of anilines is 1. The summed E-state index contributed by atoms with van der Waals surface area (Å²) in [6.07, 6.45) is 6.23. The number of hydrogen-bond acceptors (Lipinski definition) is 7. The van der Waals surface area contributed by atoms with E-state index < -0.39 is 22.1 Å². The third-order valence-corrected chi connectivity index (χ3v) is 8.62. The number of allylic oxidation sites excluding steroid dienone is 1. The predicted octanol–water partition coefficient (Wildman–Crippen LogP) is 4.42. The number of fused-ring (bicyclic) bond motifs is 1. The van der Waals surface area contributed by atoms with E-state index in [1.54, 1.807) is 13.0 Å². The fourth-order valence-corrected chi connectivity index (χ4v) is 7.02. The molecule has 2 heterocycles. The van der Waals surface area contributed by atoms with Crippen molar-refractivity contribution in [3.05, 3.63) is 47.2 Å². The van der Waals surface area contributed by atoms with E-state index in [2.05, 4.69) is 24.9 Å². The summed E-state index contributed by atoms with van der Waals surface area (Å²) >= 11 is 0. The van der Waals surface area contributed by atoms with Crippen molar-refractivity contribution in [2.24, 2.45) is 11.8 Å². The first kappa shape index (κ1) is 27.9. The Bertz CT molecular complexity index is 1300. The van der Waals surface area contributed by atoms with Crippen molar-refractivity contribution in [1.29, 1.82) is 0 Å². The van der Waals surface area contributed by atoms with Crippen LogP contribution in [0.4, 0.5) is 5.69 Å². The van der Waals surface area contributed by atoms with Crippen LogP contribution in [0.25, 0.3) is 6.08 Å². The molecule has 10 heteroatoms. The van der Waals surface area contributed by atoms with Gasteiger partial charge in [-0.1, -0.05) is 31.6 Å². The average Bonchev–Trinajstić information content (AvgIpc) is 2.85. The number of rotatable bonds is 9. The van der Waals surface area contributed by atoms with Crippen molar-refractivity contribution in [1.82, 2.24) is 4.98 Å². The van der Waals surface area contributed by atoms with Gasteiger partial charge in [-0.2, -0.15) is 0 Å². The van der Waals surface area contributed by atoms with Crippen molar-refractivity contribution in [3.8, 4) is 11.6 Å². The van der Waals surface area contributed by atoms with Crippen LogP contribution in [0.1, 0.15) is 57.1 Å². The minimum Gasteiger partial charge on any atom is -0.486 e. The first-order chi connectivity index (χ1) is 18.1. The molecule has 0 spiro atoms. The molecule has 2 aliphatic rings. The van der Waals surface area contributed by atoms with Crippen LogP contribution >= 0.6 is 0 Å². The highest BCUT2D eigenvalue weighted by atomic mass is 32.2. The molecule has 4 rings (SSSR count). The Morgan fingerprint density at radius 3 is 2.66 bits per heavy atom. The van der Waals surface area contributed by atoms with Gasteiger partial charge in [-0.15, -0.1) is 0 Å². The smallest absolute Gasteiger partial charge is 0.303 e. The van der Waals surface area contributed by atoms with Gasteiger partial charge in [-0.3, -0.25) is 9.10 Å². The predicted molar refractivity (Wildman–Crippen MR) is 144 cm³/mol. The number of sulfonamides is 1. The number of nitrogens with zero attached hydrogens (tertiary/aromatic N) is 2. The molecule has 2 N–H and O–H groups in total. The van der Waals surface area contributed by atoms with Crippen molar-refractivity contribution < 1.29 is 32.9 Å². The third kappa shape index (κ3) is 6.47. The fraction of sp³-hybridized carbons (Fsp3) is 0.500. The van der Waals surface area contributed by atoms with Crippen LogP contribution < -0.4 is 13.8 Å². The maximum atomic E-state index is 14.1.